The van der Waals surface area contributed by atoms with Gasteiger partial charge in [0.1, 0.15) is 0 Å². The minimum absolute atomic E-state index is 0.0610. The molecule has 9 heteroatoms. The van der Waals surface area contributed by atoms with E-state index in [4.69, 9.17) is 14.2 Å². The third kappa shape index (κ3) is 3.39. The van der Waals surface area contributed by atoms with Crippen LogP contribution in [0.4, 0.5) is 0 Å². The second-order valence-corrected chi connectivity index (χ2v) is 8.48. The third-order valence-corrected chi connectivity index (χ3v) is 6.36. The predicted molar refractivity (Wildman–Crippen MR) is 129 cm³/mol. The Morgan fingerprint density at radius 1 is 1.09 bits per heavy atom. The van der Waals surface area contributed by atoms with E-state index in [2.05, 4.69) is 10.3 Å². The van der Waals surface area contributed by atoms with Gasteiger partial charge in [0.2, 0.25) is 6.79 Å². The lowest BCUT2D eigenvalue weighted by molar-refractivity contribution is -0.122. The first kappa shape index (κ1) is 21.5. The fourth-order valence-corrected chi connectivity index (χ4v) is 4.87. The lowest BCUT2D eigenvalue weighted by Crippen LogP contribution is -2.22. The molecule has 0 fully saturated rings. The number of aliphatic hydroxyl groups is 1. The van der Waals surface area contributed by atoms with E-state index < -0.39 is 17.9 Å². The highest BCUT2D eigenvalue weighted by Crippen LogP contribution is 2.46. The Kier molecular flexibility index (Phi) is 5.09. The number of ether oxygens (including phenoxy) is 3. The summed E-state index contributed by atoms with van der Waals surface area (Å²) in [6.45, 7) is 2.84. The summed E-state index contributed by atoms with van der Waals surface area (Å²) in [5.74, 6) is 0.122. The van der Waals surface area contributed by atoms with E-state index in [9.17, 15) is 14.7 Å². The molecule has 0 spiro atoms. The van der Waals surface area contributed by atoms with Crippen molar-refractivity contribution in [1.82, 2.24) is 14.9 Å². The summed E-state index contributed by atoms with van der Waals surface area (Å²) in [7, 11) is 0. The van der Waals surface area contributed by atoms with Crippen LogP contribution in [0.1, 0.15) is 18.1 Å². The first-order chi connectivity index (χ1) is 17.1. The standard InChI is InChI=1S/C26H23N3O6/c1-2-33-12-14(30)10-29-11-17(21-19(29)7-8-20-24(21)35-13-34-20)23-22(25(31)28-26(23)32)16-9-27-18-6-4-3-5-15(16)18/h3-9,11,14,27,30H,2,10,12-13H2,1H3,(H,28,31,32). The van der Waals surface area contributed by atoms with Gasteiger partial charge in [-0.3, -0.25) is 14.9 Å². The normalized spacial score (nSPS) is 16.1. The van der Waals surface area contributed by atoms with Gasteiger partial charge in [-0.05, 0) is 25.1 Å². The molecule has 0 saturated heterocycles. The average Bonchev–Trinajstić information content (AvgIpc) is 3.61. The van der Waals surface area contributed by atoms with Crippen LogP contribution in [0.15, 0.2) is 48.8 Å². The van der Waals surface area contributed by atoms with E-state index in [1.807, 2.05) is 41.8 Å². The molecule has 2 aromatic carbocycles. The molecule has 3 N–H and O–H groups in total. The fourth-order valence-electron chi connectivity index (χ4n) is 4.87. The van der Waals surface area contributed by atoms with E-state index >= 15 is 0 Å². The fraction of sp³-hybridized carbons (Fsp3) is 0.231. The van der Waals surface area contributed by atoms with Gasteiger partial charge >= 0.3 is 0 Å². The molecule has 35 heavy (non-hydrogen) atoms. The first-order valence-corrected chi connectivity index (χ1v) is 11.4. The number of aromatic nitrogens is 2. The van der Waals surface area contributed by atoms with Gasteiger partial charge in [-0.1, -0.05) is 18.2 Å². The van der Waals surface area contributed by atoms with Gasteiger partial charge in [0.25, 0.3) is 11.8 Å². The SMILES string of the molecule is CCOCC(O)Cn1cc(C2=C(c3c[nH]c4ccccc34)C(=O)NC2=O)c2c3c(ccc21)OCO3. The number of benzene rings is 2. The van der Waals surface area contributed by atoms with Crippen LogP contribution in [0.5, 0.6) is 11.5 Å². The summed E-state index contributed by atoms with van der Waals surface area (Å²) >= 11 is 0. The highest BCUT2D eigenvalue weighted by Gasteiger charge is 2.36. The van der Waals surface area contributed by atoms with Crippen LogP contribution in [0.25, 0.3) is 33.0 Å². The van der Waals surface area contributed by atoms with Crippen molar-refractivity contribution in [2.24, 2.45) is 0 Å². The third-order valence-electron chi connectivity index (χ3n) is 6.36. The molecule has 4 aromatic rings. The molecule has 6 rings (SSSR count). The second kappa shape index (κ2) is 8.30. The van der Waals surface area contributed by atoms with Gasteiger partial charge in [-0.25, -0.2) is 0 Å². The molecule has 0 radical (unpaired) electrons. The minimum atomic E-state index is -0.759. The number of H-pyrrole nitrogens is 1. The van der Waals surface area contributed by atoms with E-state index in [1.165, 1.54) is 0 Å². The Morgan fingerprint density at radius 2 is 1.89 bits per heavy atom. The summed E-state index contributed by atoms with van der Waals surface area (Å²) in [4.78, 5) is 29.4. The number of nitrogens with zero attached hydrogens (tertiary/aromatic N) is 1. The Balaban J connectivity index is 1.59. The maximum Gasteiger partial charge on any atom is 0.259 e. The molecule has 0 bridgehead atoms. The number of amides is 2. The van der Waals surface area contributed by atoms with Crippen molar-refractivity contribution in [3.8, 4) is 11.5 Å². The van der Waals surface area contributed by atoms with Crippen molar-refractivity contribution >= 4 is 44.8 Å². The zero-order valence-corrected chi connectivity index (χ0v) is 19.0. The molecular weight excluding hydrogens is 450 g/mol. The monoisotopic (exact) mass is 473 g/mol. The van der Waals surface area contributed by atoms with Crippen LogP contribution in [0.2, 0.25) is 0 Å². The van der Waals surface area contributed by atoms with Crippen molar-refractivity contribution in [1.29, 1.82) is 0 Å². The molecule has 2 aromatic heterocycles. The van der Waals surface area contributed by atoms with Crippen molar-refractivity contribution in [3.05, 3.63) is 59.9 Å². The molecule has 1 unspecified atom stereocenters. The van der Waals surface area contributed by atoms with Crippen LogP contribution in [-0.4, -0.2) is 52.6 Å². The number of imide groups is 1. The number of fused-ring (bicyclic) bond motifs is 4. The number of aliphatic hydroxyl groups excluding tert-OH is 1. The van der Waals surface area contributed by atoms with Gasteiger partial charge in [0.15, 0.2) is 11.5 Å². The highest BCUT2D eigenvalue weighted by atomic mass is 16.7. The molecule has 178 valence electrons. The summed E-state index contributed by atoms with van der Waals surface area (Å²) in [6, 6.07) is 11.3. The highest BCUT2D eigenvalue weighted by molar-refractivity contribution is 6.51. The number of aromatic amines is 1. The summed E-state index contributed by atoms with van der Waals surface area (Å²) in [5.41, 5.74) is 3.33. The van der Waals surface area contributed by atoms with Crippen LogP contribution < -0.4 is 14.8 Å². The molecule has 1 atom stereocenters. The lowest BCUT2D eigenvalue weighted by Gasteiger charge is -2.12. The number of hydrogen-bond donors (Lipinski definition) is 3. The van der Waals surface area contributed by atoms with Gasteiger partial charge < -0.3 is 28.9 Å². The molecule has 0 aliphatic carbocycles. The Bertz CT molecular complexity index is 1530. The van der Waals surface area contributed by atoms with Crippen LogP contribution >= 0.6 is 0 Å². The number of para-hydroxylation sites is 1. The Hall–Kier alpha value is -4.08. The van der Waals surface area contributed by atoms with Crippen LogP contribution in [-0.2, 0) is 20.9 Å². The molecule has 9 nitrogen and oxygen atoms in total. The molecule has 4 heterocycles. The maximum absolute atomic E-state index is 13.2. The van der Waals surface area contributed by atoms with Crippen LogP contribution in [0, 0.1) is 0 Å². The number of nitrogens with one attached hydrogen (secondary N) is 2. The van der Waals surface area contributed by atoms with Crippen LogP contribution in [0.3, 0.4) is 0 Å². The largest absolute Gasteiger partial charge is 0.454 e. The van der Waals surface area contributed by atoms with Gasteiger partial charge in [0, 0.05) is 41.0 Å². The van der Waals surface area contributed by atoms with Crippen molar-refractivity contribution in [2.45, 2.75) is 19.6 Å². The van der Waals surface area contributed by atoms with E-state index in [0.29, 0.717) is 34.6 Å². The predicted octanol–water partition coefficient (Wildman–Crippen LogP) is 2.82. The zero-order valence-electron chi connectivity index (χ0n) is 19.0. The van der Waals surface area contributed by atoms with Gasteiger partial charge in [0.05, 0.1) is 41.3 Å². The van der Waals surface area contributed by atoms with E-state index in [0.717, 1.165) is 16.4 Å². The summed E-state index contributed by atoms with van der Waals surface area (Å²) < 4.78 is 18.6. The number of hydrogen-bond acceptors (Lipinski definition) is 6. The summed E-state index contributed by atoms with van der Waals surface area (Å²) in [6.07, 6.45) is 2.77. The lowest BCUT2D eigenvalue weighted by atomic mass is 9.95. The van der Waals surface area contributed by atoms with Crippen molar-refractivity contribution in [3.63, 3.8) is 0 Å². The number of carbonyl (C=O) groups excluding carboxylic acids is 2. The maximum atomic E-state index is 13.2. The quantitative estimate of drug-likeness (QED) is 0.356. The molecule has 2 amide bonds. The van der Waals surface area contributed by atoms with Gasteiger partial charge in [-0.2, -0.15) is 0 Å². The molecule has 0 saturated carbocycles. The van der Waals surface area contributed by atoms with Crippen molar-refractivity contribution < 1.29 is 28.9 Å². The molecule has 2 aliphatic rings. The Labute approximate surface area is 199 Å². The van der Waals surface area contributed by atoms with E-state index in [-0.39, 0.29) is 31.1 Å². The average molecular weight is 473 g/mol. The molecular formula is C26H23N3O6. The smallest absolute Gasteiger partial charge is 0.259 e. The second-order valence-electron chi connectivity index (χ2n) is 8.48. The first-order valence-electron chi connectivity index (χ1n) is 11.4. The Morgan fingerprint density at radius 3 is 2.71 bits per heavy atom. The van der Waals surface area contributed by atoms with Crippen molar-refractivity contribution in [2.75, 3.05) is 20.0 Å². The minimum Gasteiger partial charge on any atom is -0.454 e. The summed E-state index contributed by atoms with van der Waals surface area (Å²) in [5, 5.41) is 14.5. The van der Waals surface area contributed by atoms with Gasteiger partial charge in [-0.15, -0.1) is 0 Å². The molecule has 2 aliphatic heterocycles. The number of rotatable bonds is 7. The topological polar surface area (TPSA) is 115 Å². The van der Waals surface area contributed by atoms with E-state index in [1.54, 1.807) is 18.5 Å². The zero-order chi connectivity index (χ0) is 24.1. The number of carbonyl (C=O) groups is 2.